The minimum Gasteiger partial charge on any atom is -0.423 e. The summed E-state index contributed by atoms with van der Waals surface area (Å²) in [7, 11) is 2.10. The lowest BCUT2D eigenvalue weighted by Gasteiger charge is -2.48. The predicted molar refractivity (Wildman–Crippen MR) is 93.2 cm³/mol. The summed E-state index contributed by atoms with van der Waals surface area (Å²) in [5, 5.41) is 8.42. The van der Waals surface area contributed by atoms with Crippen LogP contribution in [0.2, 0.25) is 0 Å². The second-order valence-corrected chi connectivity index (χ2v) is 7.80. The first-order valence-corrected chi connectivity index (χ1v) is 8.85. The van der Waals surface area contributed by atoms with Gasteiger partial charge in [-0.05, 0) is 25.6 Å². The summed E-state index contributed by atoms with van der Waals surface area (Å²) in [6.07, 6.45) is 0.960. The average molecular weight is 340 g/mol. The van der Waals surface area contributed by atoms with Crippen molar-refractivity contribution in [3.05, 3.63) is 47.7 Å². The molecule has 1 spiro atoms. The number of hydrogen-bond acceptors (Lipinski definition) is 5. The van der Waals surface area contributed by atoms with Crippen LogP contribution in [0.25, 0.3) is 0 Å². The topological polar surface area (TPSA) is 62.5 Å². The lowest BCUT2D eigenvalue weighted by molar-refractivity contribution is 0.0115. The van der Waals surface area contributed by atoms with Crippen LogP contribution in [-0.2, 0) is 0 Å². The van der Waals surface area contributed by atoms with Crippen molar-refractivity contribution in [3.63, 3.8) is 0 Å². The van der Waals surface area contributed by atoms with Crippen LogP contribution in [0.15, 0.2) is 34.7 Å². The molecule has 4 rings (SSSR count). The molecule has 2 saturated heterocycles. The van der Waals surface area contributed by atoms with Crippen LogP contribution in [0.3, 0.4) is 0 Å². The quantitative estimate of drug-likeness (QED) is 0.860. The summed E-state index contributed by atoms with van der Waals surface area (Å²) in [4.78, 5) is 16.8. The van der Waals surface area contributed by atoms with Gasteiger partial charge in [0, 0.05) is 36.5 Å². The molecule has 1 aromatic carbocycles. The predicted octanol–water partition coefficient (Wildman–Crippen LogP) is 2.71. The molecule has 2 aromatic rings. The first-order valence-electron chi connectivity index (χ1n) is 8.85. The lowest BCUT2D eigenvalue weighted by Crippen LogP contribution is -2.59. The number of carbonyl (C=O) groups excluding carboxylic acids is 1. The van der Waals surface area contributed by atoms with Gasteiger partial charge in [-0.1, -0.05) is 32.0 Å². The van der Waals surface area contributed by atoms with Crippen molar-refractivity contribution in [2.24, 2.45) is 5.41 Å². The van der Waals surface area contributed by atoms with Crippen LogP contribution >= 0.6 is 0 Å². The van der Waals surface area contributed by atoms with Gasteiger partial charge < -0.3 is 9.32 Å². The number of nitrogens with zero attached hydrogens (tertiary/aromatic N) is 4. The van der Waals surface area contributed by atoms with Gasteiger partial charge in [0.05, 0.1) is 6.04 Å². The van der Waals surface area contributed by atoms with Crippen LogP contribution in [0.5, 0.6) is 0 Å². The number of hydrogen-bond donors (Lipinski definition) is 0. The highest BCUT2D eigenvalue weighted by Crippen LogP contribution is 2.47. The van der Waals surface area contributed by atoms with Gasteiger partial charge in [-0.15, -0.1) is 10.2 Å². The van der Waals surface area contributed by atoms with E-state index < -0.39 is 0 Å². The fourth-order valence-corrected chi connectivity index (χ4v) is 4.06. The summed E-state index contributed by atoms with van der Waals surface area (Å²) in [5.74, 6) is 1.76. The largest absolute Gasteiger partial charge is 0.423 e. The molecule has 6 heteroatoms. The van der Waals surface area contributed by atoms with E-state index in [1.165, 1.54) is 0 Å². The lowest BCUT2D eigenvalue weighted by atomic mass is 9.77. The van der Waals surface area contributed by atoms with Crippen molar-refractivity contribution >= 4 is 5.91 Å². The van der Waals surface area contributed by atoms with Crippen molar-refractivity contribution in [1.29, 1.82) is 0 Å². The first kappa shape index (κ1) is 16.3. The van der Waals surface area contributed by atoms with Crippen LogP contribution in [0, 0.1) is 5.41 Å². The van der Waals surface area contributed by atoms with Gasteiger partial charge in [0.1, 0.15) is 0 Å². The molecule has 0 saturated carbocycles. The Morgan fingerprint density at radius 2 is 1.92 bits per heavy atom. The Morgan fingerprint density at radius 3 is 2.56 bits per heavy atom. The molecule has 0 bridgehead atoms. The normalized spacial score (nSPS) is 22.6. The molecule has 0 radical (unpaired) electrons. The van der Waals surface area contributed by atoms with Crippen molar-refractivity contribution in [2.45, 2.75) is 32.2 Å². The third-order valence-corrected chi connectivity index (χ3v) is 5.34. The Bertz CT molecular complexity index is 765. The van der Waals surface area contributed by atoms with Gasteiger partial charge in [0.2, 0.25) is 11.8 Å². The van der Waals surface area contributed by atoms with Crippen molar-refractivity contribution in [2.75, 3.05) is 26.7 Å². The molecule has 3 heterocycles. The van der Waals surface area contributed by atoms with Crippen LogP contribution < -0.4 is 0 Å². The molecule has 2 aliphatic heterocycles. The van der Waals surface area contributed by atoms with Crippen LogP contribution in [0.4, 0.5) is 0 Å². The molecule has 1 unspecified atom stereocenters. The number of aromatic nitrogens is 2. The molecule has 2 aliphatic rings. The summed E-state index contributed by atoms with van der Waals surface area (Å²) >= 11 is 0. The Labute approximate surface area is 147 Å². The molecule has 1 atom stereocenters. The number of amides is 1. The average Bonchev–Trinajstić information content (AvgIpc) is 3.18. The number of benzene rings is 1. The second kappa shape index (κ2) is 5.95. The monoisotopic (exact) mass is 340 g/mol. The molecule has 6 nitrogen and oxygen atoms in total. The smallest absolute Gasteiger partial charge is 0.253 e. The van der Waals surface area contributed by atoms with E-state index in [9.17, 15) is 4.79 Å². The van der Waals surface area contributed by atoms with E-state index in [2.05, 4.69) is 36.0 Å². The molecule has 0 N–H and O–H groups in total. The first-order chi connectivity index (χ1) is 12.0. The highest BCUT2D eigenvalue weighted by atomic mass is 16.4. The Morgan fingerprint density at radius 1 is 1.20 bits per heavy atom. The van der Waals surface area contributed by atoms with E-state index in [1.807, 2.05) is 35.2 Å². The molecule has 132 valence electrons. The van der Waals surface area contributed by atoms with E-state index in [0.29, 0.717) is 11.8 Å². The molecular weight excluding hydrogens is 316 g/mol. The zero-order valence-electron chi connectivity index (χ0n) is 15.0. The molecule has 2 fully saturated rings. The zero-order chi connectivity index (χ0) is 17.6. The maximum absolute atomic E-state index is 12.5. The third-order valence-electron chi connectivity index (χ3n) is 5.34. The van der Waals surface area contributed by atoms with E-state index >= 15 is 0 Å². The standard InChI is InChI=1S/C19H24N4O2/c1-13(2)16-20-21-17(25-16)15-9-19(10-22(15)3)11-23(12-19)18(24)14-7-5-4-6-8-14/h4-8,13,15H,9-12H2,1-3H3. The molecule has 0 aliphatic carbocycles. The molecule has 25 heavy (non-hydrogen) atoms. The molecule has 1 aromatic heterocycles. The van der Waals surface area contributed by atoms with Gasteiger partial charge in [0.15, 0.2) is 0 Å². The van der Waals surface area contributed by atoms with Gasteiger partial charge in [0.25, 0.3) is 5.91 Å². The summed E-state index contributed by atoms with van der Waals surface area (Å²) in [6, 6.07) is 9.65. The SMILES string of the molecule is CC(C)c1nnc(C2CC3(CN(C(=O)c4ccccc4)C3)CN2C)o1. The van der Waals surface area contributed by atoms with Crippen LogP contribution in [0.1, 0.15) is 54.4 Å². The minimum absolute atomic E-state index is 0.122. The third kappa shape index (κ3) is 2.84. The Balaban J connectivity index is 1.43. The van der Waals surface area contributed by atoms with Crippen molar-refractivity contribution in [1.82, 2.24) is 20.0 Å². The van der Waals surface area contributed by atoms with E-state index in [4.69, 9.17) is 4.42 Å². The molecular formula is C19H24N4O2. The second-order valence-electron chi connectivity index (χ2n) is 7.80. The Kier molecular flexibility index (Phi) is 3.87. The van der Waals surface area contributed by atoms with Gasteiger partial charge in [-0.3, -0.25) is 9.69 Å². The fourth-order valence-electron chi connectivity index (χ4n) is 4.06. The van der Waals surface area contributed by atoms with E-state index in [0.717, 1.165) is 31.6 Å². The van der Waals surface area contributed by atoms with Gasteiger partial charge in [-0.25, -0.2) is 0 Å². The number of rotatable bonds is 3. The zero-order valence-corrected chi connectivity index (χ0v) is 15.0. The highest BCUT2D eigenvalue weighted by molar-refractivity contribution is 5.94. The van der Waals surface area contributed by atoms with Crippen LogP contribution in [-0.4, -0.2) is 52.6 Å². The Hall–Kier alpha value is -2.21. The maximum atomic E-state index is 12.5. The summed E-state index contributed by atoms with van der Waals surface area (Å²) < 4.78 is 5.86. The van der Waals surface area contributed by atoms with Crippen molar-refractivity contribution in [3.8, 4) is 0 Å². The number of likely N-dealkylation sites (tertiary alicyclic amines) is 2. The van der Waals surface area contributed by atoms with E-state index in [-0.39, 0.29) is 23.3 Å². The molecule has 1 amide bonds. The number of carbonyl (C=O) groups is 1. The summed E-state index contributed by atoms with van der Waals surface area (Å²) in [6.45, 7) is 6.65. The van der Waals surface area contributed by atoms with Gasteiger partial charge >= 0.3 is 0 Å². The fraction of sp³-hybridized carbons (Fsp3) is 0.526. The maximum Gasteiger partial charge on any atom is 0.253 e. The summed E-state index contributed by atoms with van der Waals surface area (Å²) in [5.41, 5.74) is 0.912. The van der Waals surface area contributed by atoms with E-state index in [1.54, 1.807) is 0 Å². The van der Waals surface area contributed by atoms with Crippen molar-refractivity contribution < 1.29 is 9.21 Å². The minimum atomic E-state index is 0.122. The highest BCUT2D eigenvalue weighted by Gasteiger charge is 2.53. The van der Waals surface area contributed by atoms with Gasteiger partial charge in [-0.2, -0.15) is 0 Å².